The van der Waals surface area contributed by atoms with E-state index < -0.39 is 11.2 Å². The first-order valence-corrected chi connectivity index (χ1v) is 9.36. The van der Waals surface area contributed by atoms with Crippen LogP contribution in [0.2, 0.25) is 0 Å². The minimum absolute atomic E-state index is 0.196. The lowest BCUT2D eigenvalue weighted by molar-refractivity contribution is 0.616. The molecule has 2 aliphatic heterocycles. The van der Waals surface area contributed by atoms with Gasteiger partial charge in [0.25, 0.3) is 5.56 Å². The topological polar surface area (TPSA) is 69.8 Å². The number of hydrogen-bond acceptors (Lipinski definition) is 4. The van der Waals surface area contributed by atoms with E-state index in [2.05, 4.69) is 25.9 Å². The van der Waals surface area contributed by atoms with E-state index in [1.165, 1.54) is 0 Å². The zero-order chi connectivity index (χ0) is 18.1. The Morgan fingerprint density at radius 3 is 2.42 bits per heavy atom. The minimum Gasteiger partial charge on any atom is -0.291 e. The van der Waals surface area contributed by atoms with Gasteiger partial charge in [-0.1, -0.05) is 46.3 Å². The molecule has 0 radical (unpaired) electrons. The summed E-state index contributed by atoms with van der Waals surface area (Å²) in [5.41, 5.74) is 1.52. The van der Waals surface area contributed by atoms with Crippen molar-refractivity contribution in [2.45, 2.75) is 13.0 Å². The van der Waals surface area contributed by atoms with E-state index in [0.717, 1.165) is 15.8 Å². The Kier molecular flexibility index (Phi) is 4.38. The summed E-state index contributed by atoms with van der Waals surface area (Å²) in [6.07, 6.45) is 0.661. The Labute approximate surface area is 157 Å². The molecule has 2 aromatic carbocycles. The van der Waals surface area contributed by atoms with Crippen LogP contribution < -0.4 is 11.2 Å². The van der Waals surface area contributed by atoms with Crippen LogP contribution in [0.5, 0.6) is 0 Å². The molecule has 2 heterocycles. The van der Waals surface area contributed by atoms with Crippen LogP contribution in [-0.4, -0.2) is 24.4 Å². The molecule has 0 aliphatic carbocycles. The Hall–Kier alpha value is -2.80. The number of hydrogen-bond donors (Lipinski definition) is 0. The molecule has 6 nitrogen and oxygen atoms in total. The standard InChI is InChI=1S/C19H15BrN4O2/c20-11-6-12-23-18(25)16-17(22-19(23)26)24(13-7-2-1-3-8-13)15-10-5-4-9-14(15)21-16/h1-5,7-10H,6,11-12H2. The van der Waals surface area contributed by atoms with Gasteiger partial charge < -0.3 is 0 Å². The van der Waals surface area contributed by atoms with Crippen molar-refractivity contribution < 1.29 is 0 Å². The van der Waals surface area contributed by atoms with Crippen LogP contribution in [0.1, 0.15) is 6.42 Å². The molecular formula is C19H15BrN4O2. The molecular weight excluding hydrogens is 396 g/mol. The van der Waals surface area contributed by atoms with Gasteiger partial charge in [0, 0.05) is 17.6 Å². The number of nitrogens with zero attached hydrogens (tertiary/aromatic N) is 4. The quantitative estimate of drug-likeness (QED) is 0.383. The van der Waals surface area contributed by atoms with Crippen molar-refractivity contribution in [1.82, 2.24) is 19.1 Å². The summed E-state index contributed by atoms with van der Waals surface area (Å²) < 4.78 is 2.97. The molecule has 0 aromatic heterocycles. The van der Waals surface area contributed by atoms with Gasteiger partial charge in [0.15, 0.2) is 11.5 Å². The molecule has 0 N–H and O–H groups in total. The largest absolute Gasteiger partial charge is 0.352 e. The van der Waals surface area contributed by atoms with Crippen molar-refractivity contribution in [2.24, 2.45) is 0 Å². The van der Waals surface area contributed by atoms with Gasteiger partial charge in [-0.15, -0.1) is 0 Å². The second kappa shape index (κ2) is 6.84. The van der Waals surface area contributed by atoms with Crippen LogP contribution in [0.25, 0.3) is 28.2 Å². The molecule has 0 bridgehead atoms. The van der Waals surface area contributed by atoms with Gasteiger partial charge in [-0.2, -0.15) is 4.98 Å². The number of para-hydroxylation sites is 3. The molecule has 0 atom stereocenters. The SMILES string of the molecule is O=c1nc2n(-c3ccccc3)c3ccccc3nc-2c(=O)n1CCCBr. The fourth-order valence-electron chi connectivity index (χ4n) is 3.00. The molecule has 0 fully saturated rings. The van der Waals surface area contributed by atoms with Crippen molar-refractivity contribution in [1.29, 1.82) is 0 Å². The predicted octanol–water partition coefficient (Wildman–Crippen LogP) is 2.83. The van der Waals surface area contributed by atoms with Gasteiger partial charge in [-0.05, 0) is 30.7 Å². The van der Waals surface area contributed by atoms with Gasteiger partial charge in [0.1, 0.15) is 0 Å². The first kappa shape index (κ1) is 16.7. The highest BCUT2D eigenvalue weighted by Crippen LogP contribution is 2.24. The summed E-state index contributed by atoms with van der Waals surface area (Å²) in [7, 11) is 0. The van der Waals surface area contributed by atoms with Crippen LogP contribution in [-0.2, 0) is 6.54 Å². The molecule has 2 aliphatic rings. The second-order valence-corrected chi connectivity index (χ2v) is 6.63. The highest BCUT2D eigenvalue weighted by Gasteiger charge is 2.21. The number of aromatic nitrogens is 4. The zero-order valence-corrected chi connectivity index (χ0v) is 15.4. The fourth-order valence-corrected chi connectivity index (χ4v) is 3.25. The van der Waals surface area contributed by atoms with Crippen molar-refractivity contribution in [3.05, 3.63) is 75.4 Å². The third-order valence-electron chi connectivity index (χ3n) is 4.19. The molecule has 2 aromatic rings. The number of fused-ring (bicyclic) bond motifs is 2. The minimum atomic E-state index is -0.551. The number of halogens is 1. The number of alkyl halides is 1. The Balaban J connectivity index is 2.13. The summed E-state index contributed by atoms with van der Waals surface area (Å²) in [4.78, 5) is 34.1. The second-order valence-electron chi connectivity index (χ2n) is 5.84. The molecule has 0 spiro atoms. The first-order valence-electron chi connectivity index (χ1n) is 8.24. The van der Waals surface area contributed by atoms with E-state index in [1.807, 2.05) is 59.2 Å². The average molecular weight is 411 g/mol. The Bertz CT molecular complexity index is 1170. The van der Waals surface area contributed by atoms with E-state index in [9.17, 15) is 9.59 Å². The summed E-state index contributed by atoms with van der Waals surface area (Å²) in [6.45, 7) is 0.311. The van der Waals surface area contributed by atoms with Crippen molar-refractivity contribution in [3.8, 4) is 17.2 Å². The molecule has 7 heteroatoms. The maximum atomic E-state index is 12.9. The first-order chi connectivity index (χ1) is 12.7. The van der Waals surface area contributed by atoms with Crippen molar-refractivity contribution in [3.63, 3.8) is 0 Å². The predicted molar refractivity (Wildman–Crippen MR) is 104 cm³/mol. The molecule has 130 valence electrons. The van der Waals surface area contributed by atoms with E-state index in [4.69, 9.17) is 0 Å². The molecule has 0 saturated carbocycles. The van der Waals surface area contributed by atoms with Crippen LogP contribution in [0.4, 0.5) is 0 Å². The summed E-state index contributed by atoms with van der Waals surface area (Å²) in [5, 5.41) is 0.700. The average Bonchev–Trinajstić information content (AvgIpc) is 2.67. The lowest BCUT2D eigenvalue weighted by Gasteiger charge is -2.17. The van der Waals surface area contributed by atoms with Crippen LogP contribution in [0.3, 0.4) is 0 Å². The summed E-state index contributed by atoms with van der Waals surface area (Å²) >= 11 is 3.32. The monoisotopic (exact) mass is 410 g/mol. The summed E-state index contributed by atoms with van der Waals surface area (Å²) in [5.74, 6) is 0.278. The van der Waals surface area contributed by atoms with Gasteiger partial charge >= 0.3 is 5.69 Å². The highest BCUT2D eigenvalue weighted by atomic mass is 79.9. The summed E-state index contributed by atoms with van der Waals surface area (Å²) in [6, 6.07) is 17.0. The van der Waals surface area contributed by atoms with Gasteiger partial charge in [0.2, 0.25) is 0 Å². The molecule has 4 rings (SSSR count). The molecule has 26 heavy (non-hydrogen) atoms. The van der Waals surface area contributed by atoms with Gasteiger partial charge in [0.05, 0.1) is 11.0 Å². The van der Waals surface area contributed by atoms with E-state index >= 15 is 0 Å². The van der Waals surface area contributed by atoms with Gasteiger partial charge in [-0.3, -0.25) is 13.9 Å². The number of benzene rings is 2. The van der Waals surface area contributed by atoms with Gasteiger partial charge in [-0.25, -0.2) is 9.78 Å². The van der Waals surface area contributed by atoms with Crippen molar-refractivity contribution in [2.75, 3.05) is 5.33 Å². The number of rotatable bonds is 4. The third kappa shape index (κ3) is 2.74. The lowest BCUT2D eigenvalue weighted by atomic mass is 10.2. The van der Waals surface area contributed by atoms with E-state index in [1.54, 1.807) is 0 Å². The Morgan fingerprint density at radius 2 is 1.65 bits per heavy atom. The van der Waals surface area contributed by atoms with Crippen LogP contribution >= 0.6 is 15.9 Å². The van der Waals surface area contributed by atoms with Crippen LogP contribution in [0.15, 0.2) is 64.2 Å². The fraction of sp³-hybridized carbons (Fsp3) is 0.158. The Morgan fingerprint density at radius 1 is 0.923 bits per heavy atom. The zero-order valence-electron chi connectivity index (χ0n) is 13.8. The molecule has 0 saturated heterocycles. The smallest absolute Gasteiger partial charge is 0.291 e. The normalized spacial score (nSPS) is 11.3. The van der Waals surface area contributed by atoms with Crippen molar-refractivity contribution >= 4 is 27.0 Å². The van der Waals surface area contributed by atoms with E-state index in [0.29, 0.717) is 23.8 Å². The highest BCUT2D eigenvalue weighted by molar-refractivity contribution is 9.09. The maximum absolute atomic E-state index is 12.9. The van der Waals surface area contributed by atoms with Crippen LogP contribution in [0, 0.1) is 0 Å². The van der Waals surface area contributed by atoms with E-state index in [-0.39, 0.29) is 11.5 Å². The molecule has 0 unspecified atom stereocenters. The lowest BCUT2D eigenvalue weighted by Crippen LogP contribution is -2.38. The maximum Gasteiger partial charge on any atom is 0.352 e. The molecule has 0 amide bonds. The third-order valence-corrected chi connectivity index (χ3v) is 4.75.